The van der Waals surface area contributed by atoms with E-state index >= 15 is 0 Å². The molecule has 2 heterocycles. The lowest BCUT2D eigenvalue weighted by atomic mass is 9.98. The van der Waals surface area contributed by atoms with Crippen molar-refractivity contribution in [1.29, 1.82) is 0 Å². The zero-order chi connectivity index (χ0) is 19.9. The maximum atomic E-state index is 11.8. The smallest absolute Gasteiger partial charge is 0.243 e. The summed E-state index contributed by atoms with van der Waals surface area (Å²) in [5.74, 6) is 1.15. The van der Waals surface area contributed by atoms with E-state index in [4.69, 9.17) is 9.72 Å². The highest BCUT2D eigenvalue weighted by molar-refractivity contribution is 7.09. The van der Waals surface area contributed by atoms with Gasteiger partial charge in [0, 0.05) is 56.9 Å². The maximum Gasteiger partial charge on any atom is 0.243 e. The Hall–Kier alpha value is -1.67. The monoisotopic (exact) mass is 395 g/mol. The molecule has 1 saturated heterocycles. The van der Waals surface area contributed by atoms with Gasteiger partial charge in [-0.15, -0.1) is 11.3 Å². The van der Waals surface area contributed by atoms with Gasteiger partial charge in [-0.05, 0) is 6.42 Å². The lowest BCUT2D eigenvalue weighted by molar-refractivity contribution is -0.127. The van der Waals surface area contributed by atoms with E-state index < -0.39 is 0 Å². The second-order valence-electron chi connectivity index (χ2n) is 8.13. The first-order valence-corrected chi connectivity index (χ1v) is 10.4. The number of nitrogens with zero attached hydrogens (tertiary/aromatic N) is 3. The molecule has 8 heteroatoms. The quantitative estimate of drug-likeness (QED) is 0.542. The highest BCUT2D eigenvalue weighted by Crippen LogP contribution is 2.25. The fourth-order valence-electron chi connectivity index (χ4n) is 2.52. The Morgan fingerprint density at radius 1 is 1.41 bits per heavy atom. The molecule has 1 aromatic rings. The molecular formula is C19H33N5O2S. The largest absolute Gasteiger partial charge is 0.381 e. The van der Waals surface area contributed by atoms with Gasteiger partial charge in [-0.3, -0.25) is 4.79 Å². The number of thiazole rings is 1. The van der Waals surface area contributed by atoms with Crippen molar-refractivity contribution in [1.82, 2.24) is 20.5 Å². The molecule has 2 N–H and O–H groups in total. The zero-order valence-electron chi connectivity index (χ0n) is 17.2. The van der Waals surface area contributed by atoms with Crippen LogP contribution in [0.3, 0.4) is 0 Å². The summed E-state index contributed by atoms with van der Waals surface area (Å²) in [5, 5.41) is 9.95. The van der Waals surface area contributed by atoms with Crippen LogP contribution in [0.2, 0.25) is 0 Å². The molecule has 1 atom stereocenters. The Bertz CT molecular complexity index is 630. The highest BCUT2D eigenvalue weighted by atomic mass is 32.1. The van der Waals surface area contributed by atoms with Crippen molar-refractivity contribution >= 4 is 23.2 Å². The van der Waals surface area contributed by atoms with E-state index in [-0.39, 0.29) is 17.9 Å². The molecule has 0 radical (unpaired) electrons. The third-order valence-electron chi connectivity index (χ3n) is 4.32. The minimum Gasteiger partial charge on any atom is -0.381 e. The molecule has 0 aromatic carbocycles. The van der Waals surface area contributed by atoms with Gasteiger partial charge < -0.3 is 20.3 Å². The summed E-state index contributed by atoms with van der Waals surface area (Å²) in [6.45, 7) is 9.79. The minimum absolute atomic E-state index is 0.0189. The normalized spacial score (nSPS) is 17.8. The van der Waals surface area contributed by atoms with Gasteiger partial charge in [-0.1, -0.05) is 20.8 Å². The van der Waals surface area contributed by atoms with Gasteiger partial charge in [0.1, 0.15) is 6.54 Å². The molecule has 1 unspecified atom stereocenters. The predicted molar refractivity (Wildman–Crippen MR) is 110 cm³/mol. The van der Waals surface area contributed by atoms with Crippen LogP contribution in [0.25, 0.3) is 0 Å². The molecule has 2 rings (SSSR count). The average molecular weight is 396 g/mol. The van der Waals surface area contributed by atoms with Crippen molar-refractivity contribution in [2.24, 2.45) is 10.9 Å². The van der Waals surface area contributed by atoms with Crippen molar-refractivity contribution in [2.45, 2.75) is 39.0 Å². The van der Waals surface area contributed by atoms with Gasteiger partial charge >= 0.3 is 0 Å². The number of aromatic nitrogens is 1. The number of amides is 1. The summed E-state index contributed by atoms with van der Waals surface area (Å²) in [4.78, 5) is 22.5. The van der Waals surface area contributed by atoms with Crippen LogP contribution < -0.4 is 10.6 Å². The Morgan fingerprint density at radius 3 is 2.78 bits per heavy atom. The summed E-state index contributed by atoms with van der Waals surface area (Å²) in [6.07, 6.45) is 1.88. The van der Waals surface area contributed by atoms with E-state index in [0.717, 1.165) is 49.8 Å². The number of aliphatic imine (C=N–C) groups is 1. The molecule has 7 nitrogen and oxygen atoms in total. The summed E-state index contributed by atoms with van der Waals surface area (Å²) in [7, 11) is 3.48. The number of ether oxygens (including phenoxy) is 1. The highest BCUT2D eigenvalue weighted by Gasteiger charge is 2.18. The summed E-state index contributed by atoms with van der Waals surface area (Å²) >= 11 is 1.71. The average Bonchev–Trinajstić information content (AvgIpc) is 3.27. The number of guanidine groups is 1. The van der Waals surface area contributed by atoms with Crippen molar-refractivity contribution < 1.29 is 9.53 Å². The first kappa shape index (κ1) is 21.6. The van der Waals surface area contributed by atoms with Crippen LogP contribution in [0.1, 0.15) is 37.9 Å². The summed E-state index contributed by atoms with van der Waals surface area (Å²) < 4.78 is 5.42. The van der Waals surface area contributed by atoms with Crippen LogP contribution in [0.4, 0.5) is 0 Å². The maximum absolute atomic E-state index is 11.8. The first-order valence-electron chi connectivity index (χ1n) is 9.50. The van der Waals surface area contributed by atoms with Gasteiger partial charge in [-0.2, -0.15) is 0 Å². The standard InChI is InChI=1S/C19H33N5O2S/c1-19(2,3)17-23-15(13-27-17)6-8-20-18(22-11-16(25)24(4)5)21-10-14-7-9-26-12-14/h13-14H,6-12H2,1-5H3,(H2,20,21,22). The second kappa shape index (κ2) is 10.0. The minimum atomic E-state index is -0.0189. The van der Waals surface area contributed by atoms with Crippen molar-refractivity contribution in [2.75, 3.05) is 46.9 Å². The second-order valence-corrected chi connectivity index (χ2v) is 8.99. The van der Waals surface area contributed by atoms with Gasteiger partial charge in [0.15, 0.2) is 5.96 Å². The molecule has 0 saturated carbocycles. The number of carbonyl (C=O) groups is 1. The number of hydrogen-bond acceptors (Lipinski definition) is 5. The Labute approximate surface area is 166 Å². The number of rotatable bonds is 7. The number of hydrogen-bond donors (Lipinski definition) is 2. The van der Waals surface area contributed by atoms with Crippen LogP contribution in [0.5, 0.6) is 0 Å². The number of likely N-dealkylation sites (N-methyl/N-ethyl adjacent to an activating group) is 1. The molecule has 1 aliphatic rings. The van der Waals surface area contributed by atoms with Gasteiger partial charge in [-0.25, -0.2) is 9.98 Å². The molecule has 27 heavy (non-hydrogen) atoms. The SMILES string of the molecule is CN(C)C(=O)CN=C(NCCc1csc(C(C)(C)C)n1)NCC1CCOC1. The van der Waals surface area contributed by atoms with Crippen molar-refractivity contribution in [3.8, 4) is 0 Å². The zero-order valence-corrected chi connectivity index (χ0v) is 18.0. The van der Waals surface area contributed by atoms with Crippen LogP contribution in [-0.4, -0.2) is 68.7 Å². The fraction of sp³-hybridized carbons (Fsp3) is 0.737. The van der Waals surface area contributed by atoms with Crippen LogP contribution in [0.15, 0.2) is 10.4 Å². The molecular weight excluding hydrogens is 362 g/mol. The Morgan fingerprint density at radius 2 is 2.19 bits per heavy atom. The molecule has 0 aliphatic carbocycles. The van der Waals surface area contributed by atoms with E-state index in [1.807, 2.05) is 0 Å². The molecule has 152 valence electrons. The lowest BCUT2D eigenvalue weighted by Gasteiger charge is -2.16. The van der Waals surface area contributed by atoms with E-state index in [2.05, 4.69) is 41.8 Å². The van der Waals surface area contributed by atoms with Gasteiger partial charge in [0.25, 0.3) is 0 Å². The fourth-order valence-corrected chi connectivity index (χ4v) is 3.46. The Balaban J connectivity index is 1.86. The molecule has 1 aliphatic heterocycles. The van der Waals surface area contributed by atoms with Gasteiger partial charge in [0.2, 0.25) is 5.91 Å². The lowest BCUT2D eigenvalue weighted by Crippen LogP contribution is -2.41. The molecule has 1 fully saturated rings. The number of nitrogens with one attached hydrogen (secondary N) is 2. The predicted octanol–water partition coefficient (Wildman–Crippen LogP) is 1.64. The molecule has 0 bridgehead atoms. The summed E-state index contributed by atoms with van der Waals surface area (Å²) in [5.41, 5.74) is 1.17. The summed E-state index contributed by atoms with van der Waals surface area (Å²) in [6, 6.07) is 0. The van der Waals surface area contributed by atoms with E-state index in [9.17, 15) is 4.79 Å². The van der Waals surface area contributed by atoms with Gasteiger partial charge in [0.05, 0.1) is 17.3 Å². The van der Waals surface area contributed by atoms with Crippen molar-refractivity contribution in [3.05, 3.63) is 16.1 Å². The van der Waals surface area contributed by atoms with Crippen LogP contribution in [-0.2, 0) is 21.4 Å². The van der Waals surface area contributed by atoms with E-state index in [0.29, 0.717) is 11.9 Å². The van der Waals surface area contributed by atoms with Crippen LogP contribution >= 0.6 is 11.3 Å². The molecule has 0 spiro atoms. The molecule has 1 aromatic heterocycles. The molecule has 1 amide bonds. The third-order valence-corrected chi connectivity index (χ3v) is 5.64. The van der Waals surface area contributed by atoms with Crippen molar-refractivity contribution in [3.63, 3.8) is 0 Å². The number of carbonyl (C=O) groups excluding carboxylic acids is 1. The van der Waals surface area contributed by atoms with E-state index in [1.54, 1.807) is 30.3 Å². The Kier molecular flexibility index (Phi) is 8.04. The van der Waals surface area contributed by atoms with Crippen LogP contribution in [0, 0.1) is 5.92 Å². The first-order chi connectivity index (χ1) is 12.8. The topological polar surface area (TPSA) is 78.9 Å². The van der Waals surface area contributed by atoms with E-state index in [1.165, 1.54) is 0 Å². The third kappa shape index (κ3) is 7.46.